The van der Waals surface area contributed by atoms with Crippen molar-refractivity contribution in [2.45, 2.75) is 26.6 Å². The highest BCUT2D eigenvalue weighted by Gasteiger charge is 2.33. The van der Waals surface area contributed by atoms with E-state index in [4.69, 9.17) is 4.74 Å². The number of anilines is 1. The second-order valence-electron chi connectivity index (χ2n) is 7.24. The third kappa shape index (κ3) is 5.53. The van der Waals surface area contributed by atoms with E-state index in [-0.39, 0.29) is 30.5 Å². The standard InChI is InChI=1S/C21H21F3N4O3/c1-12(2)11-31-19-13(6-7-17(28-19)21(22,23)24)10-26-20(30)27-16-5-3-4-15-14(16)8-9-25-18(15)29/h3-9,12H,10-11H2,1-2H3,(H,25,29)(H2,26,27,30). The Labute approximate surface area is 175 Å². The summed E-state index contributed by atoms with van der Waals surface area (Å²) in [6.45, 7) is 3.79. The number of ether oxygens (including phenoxy) is 1. The number of aromatic amines is 1. The second-order valence-corrected chi connectivity index (χ2v) is 7.24. The molecular weight excluding hydrogens is 413 g/mol. The smallest absolute Gasteiger partial charge is 0.433 e. The molecule has 7 nitrogen and oxygen atoms in total. The van der Waals surface area contributed by atoms with Gasteiger partial charge in [-0.2, -0.15) is 13.2 Å². The number of amides is 2. The lowest BCUT2D eigenvalue weighted by Gasteiger charge is -2.15. The van der Waals surface area contributed by atoms with Crippen molar-refractivity contribution in [2.24, 2.45) is 5.92 Å². The number of H-pyrrole nitrogens is 1. The fourth-order valence-electron chi connectivity index (χ4n) is 2.80. The molecular formula is C21H21F3N4O3. The monoisotopic (exact) mass is 434 g/mol. The van der Waals surface area contributed by atoms with Crippen molar-refractivity contribution in [3.8, 4) is 5.88 Å². The first-order chi connectivity index (χ1) is 14.6. The number of carbonyl (C=O) groups excluding carboxylic acids is 1. The number of alkyl halides is 3. The van der Waals surface area contributed by atoms with Crippen LogP contribution in [-0.2, 0) is 12.7 Å². The summed E-state index contributed by atoms with van der Waals surface area (Å²) >= 11 is 0. The van der Waals surface area contributed by atoms with Crippen molar-refractivity contribution in [2.75, 3.05) is 11.9 Å². The number of pyridine rings is 2. The van der Waals surface area contributed by atoms with Crippen LogP contribution in [0, 0.1) is 5.92 Å². The molecule has 0 saturated carbocycles. The molecule has 31 heavy (non-hydrogen) atoms. The summed E-state index contributed by atoms with van der Waals surface area (Å²) in [7, 11) is 0. The van der Waals surface area contributed by atoms with Crippen LogP contribution in [0.1, 0.15) is 25.1 Å². The van der Waals surface area contributed by atoms with Crippen LogP contribution in [0.3, 0.4) is 0 Å². The minimum Gasteiger partial charge on any atom is -0.477 e. The van der Waals surface area contributed by atoms with Crippen LogP contribution < -0.4 is 20.9 Å². The molecule has 0 aliphatic rings. The summed E-state index contributed by atoms with van der Waals surface area (Å²) in [5, 5.41) is 6.19. The number of urea groups is 1. The van der Waals surface area contributed by atoms with E-state index in [0.29, 0.717) is 22.0 Å². The minimum atomic E-state index is -4.61. The summed E-state index contributed by atoms with van der Waals surface area (Å²) in [4.78, 5) is 30.4. The fraction of sp³-hybridized carbons (Fsp3) is 0.286. The maximum absolute atomic E-state index is 13.0. The zero-order valence-electron chi connectivity index (χ0n) is 16.8. The highest BCUT2D eigenvalue weighted by Crippen LogP contribution is 2.30. The second kappa shape index (κ2) is 9.07. The number of nitrogens with one attached hydrogen (secondary N) is 3. The molecule has 0 saturated heterocycles. The first kappa shape index (κ1) is 22.1. The van der Waals surface area contributed by atoms with Gasteiger partial charge in [0.2, 0.25) is 5.88 Å². The highest BCUT2D eigenvalue weighted by atomic mass is 19.4. The predicted octanol–water partition coefficient (Wildman–Crippen LogP) is 4.30. The van der Waals surface area contributed by atoms with Gasteiger partial charge in [-0.05, 0) is 36.2 Å². The summed E-state index contributed by atoms with van der Waals surface area (Å²) in [6, 6.07) is 8.02. The lowest BCUT2D eigenvalue weighted by atomic mass is 10.1. The summed E-state index contributed by atoms with van der Waals surface area (Å²) in [5.41, 5.74) is -0.633. The molecule has 2 aromatic heterocycles. The van der Waals surface area contributed by atoms with Crippen LogP contribution in [0.5, 0.6) is 5.88 Å². The maximum atomic E-state index is 13.0. The average molecular weight is 434 g/mol. The van der Waals surface area contributed by atoms with E-state index in [2.05, 4.69) is 20.6 Å². The molecule has 3 rings (SSSR count). The third-order valence-electron chi connectivity index (χ3n) is 4.29. The lowest BCUT2D eigenvalue weighted by molar-refractivity contribution is -0.141. The SMILES string of the molecule is CC(C)COc1nc(C(F)(F)F)ccc1CNC(=O)Nc1cccc2c(=O)[nH]ccc12. The van der Waals surface area contributed by atoms with E-state index >= 15 is 0 Å². The molecule has 3 N–H and O–H groups in total. The zero-order valence-corrected chi connectivity index (χ0v) is 16.8. The molecule has 2 amide bonds. The van der Waals surface area contributed by atoms with Gasteiger partial charge in [0.15, 0.2) is 0 Å². The average Bonchev–Trinajstić information content (AvgIpc) is 2.71. The van der Waals surface area contributed by atoms with Gasteiger partial charge in [0, 0.05) is 29.1 Å². The number of hydrogen-bond donors (Lipinski definition) is 3. The van der Waals surface area contributed by atoms with Crippen LogP contribution in [0.25, 0.3) is 10.8 Å². The number of aromatic nitrogens is 2. The van der Waals surface area contributed by atoms with Crippen LogP contribution >= 0.6 is 0 Å². The van der Waals surface area contributed by atoms with E-state index in [0.717, 1.165) is 6.07 Å². The van der Waals surface area contributed by atoms with Gasteiger partial charge in [0.25, 0.3) is 5.56 Å². The summed E-state index contributed by atoms with van der Waals surface area (Å²) in [6.07, 6.45) is -3.13. The number of halogens is 3. The molecule has 0 aliphatic carbocycles. The van der Waals surface area contributed by atoms with Crippen LogP contribution in [-0.4, -0.2) is 22.6 Å². The molecule has 3 aromatic rings. The Morgan fingerprint density at radius 3 is 2.65 bits per heavy atom. The molecule has 0 aliphatic heterocycles. The summed E-state index contributed by atoms with van der Waals surface area (Å²) in [5.74, 6) is -0.101. The van der Waals surface area contributed by atoms with Crippen molar-refractivity contribution in [3.05, 3.63) is 64.2 Å². The van der Waals surface area contributed by atoms with Crippen LogP contribution in [0.15, 0.2) is 47.4 Å². The highest BCUT2D eigenvalue weighted by molar-refractivity contribution is 6.01. The Morgan fingerprint density at radius 2 is 1.94 bits per heavy atom. The Kier molecular flexibility index (Phi) is 6.47. The van der Waals surface area contributed by atoms with Gasteiger partial charge in [-0.25, -0.2) is 9.78 Å². The molecule has 1 aromatic carbocycles. The Bertz CT molecular complexity index is 1140. The van der Waals surface area contributed by atoms with Gasteiger partial charge < -0.3 is 20.4 Å². The molecule has 10 heteroatoms. The lowest BCUT2D eigenvalue weighted by Crippen LogP contribution is -2.29. The number of carbonyl (C=O) groups is 1. The Morgan fingerprint density at radius 1 is 1.16 bits per heavy atom. The van der Waals surface area contributed by atoms with Gasteiger partial charge in [-0.1, -0.05) is 19.9 Å². The normalized spacial score (nSPS) is 11.5. The maximum Gasteiger partial charge on any atom is 0.433 e. The molecule has 0 radical (unpaired) electrons. The molecule has 164 valence electrons. The van der Waals surface area contributed by atoms with Crippen molar-refractivity contribution in [3.63, 3.8) is 0 Å². The topological polar surface area (TPSA) is 96.1 Å². The number of benzene rings is 1. The molecule has 0 spiro atoms. The first-order valence-corrected chi connectivity index (χ1v) is 9.50. The summed E-state index contributed by atoms with van der Waals surface area (Å²) < 4.78 is 44.4. The third-order valence-corrected chi connectivity index (χ3v) is 4.29. The van der Waals surface area contributed by atoms with E-state index in [1.807, 2.05) is 13.8 Å². The van der Waals surface area contributed by atoms with Gasteiger partial charge in [-0.15, -0.1) is 0 Å². The quantitative estimate of drug-likeness (QED) is 0.539. The number of hydrogen-bond acceptors (Lipinski definition) is 4. The van der Waals surface area contributed by atoms with E-state index in [1.54, 1.807) is 24.3 Å². The Balaban J connectivity index is 1.75. The molecule has 0 bridgehead atoms. The number of fused-ring (bicyclic) bond motifs is 1. The molecule has 0 fully saturated rings. The number of rotatable bonds is 6. The van der Waals surface area contributed by atoms with Gasteiger partial charge in [-0.3, -0.25) is 4.79 Å². The predicted molar refractivity (Wildman–Crippen MR) is 110 cm³/mol. The van der Waals surface area contributed by atoms with Gasteiger partial charge >= 0.3 is 12.2 Å². The molecule has 2 heterocycles. The van der Waals surface area contributed by atoms with Crippen molar-refractivity contribution >= 4 is 22.5 Å². The largest absolute Gasteiger partial charge is 0.477 e. The van der Waals surface area contributed by atoms with Gasteiger partial charge in [0.05, 0.1) is 12.3 Å². The van der Waals surface area contributed by atoms with Crippen molar-refractivity contribution in [1.29, 1.82) is 0 Å². The Hall–Kier alpha value is -3.56. The minimum absolute atomic E-state index is 0.0787. The number of nitrogens with zero attached hydrogens (tertiary/aromatic N) is 1. The van der Waals surface area contributed by atoms with E-state index < -0.39 is 17.9 Å². The van der Waals surface area contributed by atoms with Crippen LogP contribution in [0.4, 0.5) is 23.7 Å². The van der Waals surface area contributed by atoms with Gasteiger partial charge in [0.1, 0.15) is 5.69 Å². The van der Waals surface area contributed by atoms with Crippen LogP contribution in [0.2, 0.25) is 0 Å². The fourth-order valence-corrected chi connectivity index (χ4v) is 2.80. The molecule has 0 atom stereocenters. The first-order valence-electron chi connectivity index (χ1n) is 9.50. The van der Waals surface area contributed by atoms with Crippen molar-refractivity contribution in [1.82, 2.24) is 15.3 Å². The zero-order chi connectivity index (χ0) is 22.6. The molecule has 0 unspecified atom stereocenters. The van der Waals surface area contributed by atoms with E-state index in [1.165, 1.54) is 12.3 Å². The van der Waals surface area contributed by atoms with Crippen molar-refractivity contribution < 1.29 is 22.7 Å². The van der Waals surface area contributed by atoms with E-state index in [9.17, 15) is 22.8 Å².